The van der Waals surface area contributed by atoms with Crippen LogP contribution in [0.2, 0.25) is 0 Å². The van der Waals surface area contributed by atoms with Gasteiger partial charge in [-0.1, -0.05) is 0 Å². The van der Waals surface area contributed by atoms with E-state index in [1.165, 1.54) is 12.1 Å². The lowest BCUT2D eigenvalue weighted by Crippen LogP contribution is -2.35. The van der Waals surface area contributed by atoms with Crippen LogP contribution in [0.15, 0.2) is 18.2 Å². The van der Waals surface area contributed by atoms with Crippen LogP contribution in [0.5, 0.6) is 0 Å². The van der Waals surface area contributed by atoms with Crippen molar-refractivity contribution in [1.29, 1.82) is 0 Å². The molecule has 0 spiro atoms. The molecule has 0 radical (unpaired) electrons. The Kier molecular flexibility index (Phi) is 4.70. The number of nitrogens with zero attached hydrogens (tertiary/aromatic N) is 2. The van der Waals surface area contributed by atoms with E-state index in [0.717, 1.165) is 25.6 Å². The summed E-state index contributed by atoms with van der Waals surface area (Å²) in [5, 5.41) is 0. The van der Waals surface area contributed by atoms with Gasteiger partial charge in [-0.25, -0.2) is 8.78 Å². The molecule has 1 unspecified atom stereocenters. The third-order valence-corrected chi connectivity index (χ3v) is 3.67. The predicted octanol–water partition coefficient (Wildman–Crippen LogP) is 1.92. The Balaban J connectivity index is 1.88. The second-order valence-corrected chi connectivity index (χ2v) is 5.66. The number of amides is 1. The summed E-state index contributed by atoms with van der Waals surface area (Å²) in [6, 6.07) is 3.66. The van der Waals surface area contributed by atoms with E-state index in [9.17, 15) is 13.6 Å². The Hall–Kier alpha value is -1.49. The molecular formula is C15H20F2N2O. The molecule has 1 aliphatic heterocycles. The van der Waals surface area contributed by atoms with Crippen molar-refractivity contribution in [2.24, 2.45) is 5.92 Å². The van der Waals surface area contributed by atoms with Crippen LogP contribution in [0.25, 0.3) is 0 Å². The summed E-state index contributed by atoms with van der Waals surface area (Å²) >= 11 is 0. The van der Waals surface area contributed by atoms with Crippen LogP contribution in [-0.4, -0.2) is 49.4 Å². The molecule has 2 rings (SSSR count). The largest absolute Gasteiger partial charge is 0.348 e. The van der Waals surface area contributed by atoms with Gasteiger partial charge in [0.25, 0.3) is 0 Å². The predicted molar refractivity (Wildman–Crippen MR) is 73.3 cm³/mol. The van der Waals surface area contributed by atoms with Gasteiger partial charge in [-0.3, -0.25) is 9.69 Å². The van der Waals surface area contributed by atoms with E-state index < -0.39 is 11.6 Å². The van der Waals surface area contributed by atoms with Crippen LogP contribution in [0, 0.1) is 17.6 Å². The monoisotopic (exact) mass is 282 g/mol. The van der Waals surface area contributed by atoms with Gasteiger partial charge in [-0.2, -0.15) is 0 Å². The normalized spacial score (nSPS) is 19.3. The molecule has 1 saturated heterocycles. The third-order valence-electron chi connectivity index (χ3n) is 3.67. The molecule has 1 aromatic carbocycles. The SMILES string of the molecule is CN(C)C(=O)CN1CCC(Cc2cc(F)cc(F)c2)C1. The minimum atomic E-state index is -0.530. The second kappa shape index (κ2) is 6.31. The molecule has 1 amide bonds. The molecule has 1 fully saturated rings. The Bertz CT molecular complexity index is 471. The number of benzene rings is 1. The van der Waals surface area contributed by atoms with Crippen molar-refractivity contribution in [3.63, 3.8) is 0 Å². The molecule has 0 aliphatic carbocycles. The minimum Gasteiger partial charge on any atom is -0.348 e. The number of likely N-dealkylation sites (N-methyl/N-ethyl adjacent to an activating group) is 1. The van der Waals surface area contributed by atoms with E-state index in [0.29, 0.717) is 24.4 Å². The zero-order valence-corrected chi connectivity index (χ0v) is 11.9. The van der Waals surface area contributed by atoms with Crippen LogP contribution in [0.1, 0.15) is 12.0 Å². The maximum absolute atomic E-state index is 13.1. The van der Waals surface area contributed by atoms with Gasteiger partial charge in [-0.15, -0.1) is 0 Å². The number of rotatable bonds is 4. The summed E-state index contributed by atoms with van der Waals surface area (Å²) in [5.41, 5.74) is 0.688. The van der Waals surface area contributed by atoms with E-state index >= 15 is 0 Å². The highest BCUT2D eigenvalue weighted by Gasteiger charge is 2.24. The summed E-state index contributed by atoms with van der Waals surface area (Å²) in [6.45, 7) is 2.08. The topological polar surface area (TPSA) is 23.6 Å². The molecule has 5 heteroatoms. The van der Waals surface area contributed by atoms with Crippen molar-refractivity contribution in [3.05, 3.63) is 35.4 Å². The van der Waals surface area contributed by atoms with Gasteiger partial charge in [0.2, 0.25) is 5.91 Å². The fourth-order valence-electron chi connectivity index (χ4n) is 2.62. The summed E-state index contributed by atoms with van der Waals surface area (Å²) in [4.78, 5) is 15.3. The summed E-state index contributed by atoms with van der Waals surface area (Å²) in [6.07, 6.45) is 1.61. The van der Waals surface area contributed by atoms with Gasteiger partial charge >= 0.3 is 0 Å². The molecule has 1 heterocycles. The molecule has 1 aromatic rings. The van der Waals surface area contributed by atoms with Crippen LogP contribution in [-0.2, 0) is 11.2 Å². The van der Waals surface area contributed by atoms with Crippen molar-refractivity contribution in [2.75, 3.05) is 33.7 Å². The first-order valence-corrected chi connectivity index (χ1v) is 6.81. The Morgan fingerprint density at radius 2 is 1.95 bits per heavy atom. The molecule has 0 aromatic heterocycles. The van der Waals surface area contributed by atoms with Gasteiger partial charge in [-0.05, 0) is 43.0 Å². The first kappa shape index (κ1) is 14.9. The van der Waals surface area contributed by atoms with Crippen molar-refractivity contribution in [1.82, 2.24) is 9.80 Å². The standard InChI is InChI=1S/C15H20F2N2O/c1-18(2)15(20)10-19-4-3-11(9-19)5-12-6-13(16)8-14(17)7-12/h6-8,11H,3-5,9-10H2,1-2H3. The highest BCUT2D eigenvalue weighted by Crippen LogP contribution is 2.21. The molecular weight excluding hydrogens is 262 g/mol. The van der Waals surface area contributed by atoms with Gasteiger partial charge in [0.05, 0.1) is 6.54 Å². The maximum Gasteiger partial charge on any atom is 0.236 e. The van der Waals surface area contributed by atoms with E-state index in [4.69, 9.17) is 0 Å². The first-order chi connectivity index (χ1) is 9.44. The molecule has 0 N–H and O–H groups in total. The average molecular weight is 282 g/mol. The number of halogens is 2. The van der Waals surface area contributed by atoms with Crippen LogP contribution >= 0.6 is 0 Å². The summed E-state index contributed by atoms with van der Waals surface area (Å²) in [7, 11) is 3.48. The second-order valence-electron chi connectivity index (χ2n) is 5.66. The van der Waals surface area contributed by atoms with Gasteiger partial charge in [0.15, 0.2) is 0 Å². The number of hydrogen-bond donors (Lipinski definition) is 0. The number of likely N-dealkylation sites (tertiary alicyclic amines) is 1. The Labute approximate surface area is 118 Å². The van der Waals surface area contributed by atoms with E-state index in [1.807, 2.05) is 0 Å². The van der Waals surface area contributed by atoms with Gasteiger partial charge in [0, 0.05) is 26.7 Å². The summed E-state index contributed by atoms with van der Waals surface area (Å²) in [5.74, 6) is -0.621. The van der Waals surface area contributed by atoms with E-state index in [-0.39, 0.29) is 5.91 Å². The Morgan fingerprint density at radius 3 is 2.55 bits per heavy atom. The quantitative estimate of drug-likeness (QED) is 0.842. The maximum atomic E-state index is 13.1. The van der Waals surface area contributed by atoms with Gasteiger partial charge < -0.3 is 4.90 Å². The van der Waals surface area contributed by atoms with Crippen molar-refractivity contribution >= 4 is 5.91 Å². The Morgan fingerprint density at radius 1 is 1.30 bits per heavy atom. The van der Waals surface area contributed by atoms with Crippen LogP contribution in [0.4, 0.5) is 8.78 Å². The van der Waals surface area contributed by atoms with Crippen molar-refractivity contribution < 1.29 is 13.6 Å². The van der Waals surface area contributed by atoms with E-state index in [2.05, 4.69) is 4.90 Å². The highest BCUT2D eigenvalue weighted by atomic mass is 19.1. The van der Waals surface area contributed by atoms with Crippen molar-refractivity contribution in [2.45, 2.75) is 12.8 Å². The molecule has 0 bridgehead atoms. The van der Waals surface area contributed by atoms with Crippen molar-refractivity contribution in [3.8, 4) is 0 Å². The highest BCUT2D eigenvalue weighted by molar-refractivity contribution is 5.77. The van der Waals surface area contributed by atoms with E-state index in [1.54, 1.807) is 19.0 Å². The molecule has 3 nitrogen and oxygen atoms in total. The van der Waals surface area contributed by atoms with Crippen LogP contribution in [0.3, 0.4) is 0 Å². The lowest BCUT2D eigenvalue weighted by atomic mass is 9.98. The van der Waals surface area contributed by atoms with Gasteiger partial charge in [0.1, 0.15) is 11.6 Å². The van der Waals surface area contributed by atoms with Crippen LogP contribution < -0.4 is 0 Å². The molecule has 0 saturated carbocycles. The zero-order valence-electron chi connectivity index (χ0n) is 11.9. The number of carbonyl (C=O) groups excluding carboxylic acids is 1. The zero-order chi connectivity index (χ0) is 14.7. The third kappa shape index (κ3) is 4.00. The average Bonchev–Trinajstić information content (AvgIpc) is 2.74. The minimum absolute atomic E-state index is 0.0856. The summed E-state index contributed by atoms with van der Waals surface area (Å²) < 4.78 is 26.3. The lowest BCUT2D eigenvalue weighted by Gasteiger charge is -2.18. The first-order valence-electron chi connectivity index (χ1n) is 6.81. The smallest absolute Gasteiger partial charge is 0.236 e. The number of carbonyl (C=O) groups is 1. The molecule has 1 aliphatic rings. The molecule has 1 atom stereocenters. The number of hydrogen-bond acceptors (Lipinski definition) is 2. The lowest BCUT2D eigenvalue weighted by molar-refractivity contribution is -0.129. The molecule has 20 heavy (non-hydrogen) atoms. The molecule has 110 valence electrons. The fraction of sp³-hybridized carbons (Fsp3) is 0.533. The fourth-order valence-corrected chi connectivity index (χ4v) is 2.62.